The van der Waals surface area contributed by atoms with E-state index in [0.29, 0.717) is 28.2 Å². The summed E-state index contributed by atoms with van der Waals surface area (Å²) in [5.74, 6) is 0.310. The van der Waals surface area contributed by atoms with Crippen molar-refractivity contribution in [3.63, 3.8) is 0 Å². The van der Waals surface area contributed by atoms with Crippen molar-refractivity contribution in [1.29, 1.82) is 5.26 Å². The summed E-state index contributed by atoms with van der Waals surface area (Å²) in [4.78, 5) is 0. The van der Waals surface area contributed by atoms with E-state index in [1.165, 1.54) is 12.1 Å². The summed E-state index contributed by atoms with van der Waals surface area (Å²) in [5.41, 5.74) is 1.49. The molecule has 2 aromatic rings. The minimum atomic E-state index is -0.743. The smallest absolute Gasteiger partial charge is 0.134 e. The molecule has 0 fully saturated rings. The molecule has 2 rings (SSSR count). The summed E-state index contributed by atoms with van der Waals surface area (Å²) < 4.78 is 19.1. The Labute approximate surface area is 116 Å². The zero-order valence-corrected chi connectivity index (χ0v) is 11.2. The number of hydrogen-bond donors (Lipinski definition) is 1. The Bertz CT molecular complexity index is 675. The monoisotopic (exact) mass is 271 g/mol. The molecule has 1 N–H and O–H groups in total. The van der Waals surface area contributed by atoms with E-state index >= 15 is 0 Å². The number of ether oxygens (including phenoxy) is 1. The first-order valence-electron chi connectivity index (χ1n) is 6.17. The summed E-state index contributed by atoms with van der Waals surface area (Å²) in [6.45, 7) is 3.26. The third-order valence-corrected chi connectivity index (χ3v) is 2.96. The van der Waals surface area contributed by atoms with Crippen LogP contribution in [0.3, 0.4) is 0 Å². The Morgan fingerprint density at radius 2 is 2.00 bits per heavy atom. The van der Waals surface area contributed by atoms with Crippen LogP contribution in [0.1, 0.15) is 29.7 Å². The molecule has 0 amide bonds. The zero-order chi connectivity index (χ0) is 14.7. The number of nitrogens with zero attached hydrogens (tertiary/aromatic N) is 1. The topological polar surface area (TPSA) is 53.2 Å². The molecule has 102 valence electrons. The number of hydrogen-bond acceptors (Lipinski definition) is 3. The van der Waals surface area contributed by atoms with E-state index in [1.807, 2.05) is 6.07 Å². The lowest BCUT2D eigenvalue weighted by Gasteiger charge is -2.13. The number of benzene rings is 2. The van der Waals surface area contributed by atoms with Crippen LogP contribution in [0.4, 0.5) is 4.39 Å². The van der Waals surface area contributed by atoms with Gasteiger partial charge in [0.2, 0.25) is 0 Å². The van der Waals surface area contributed by atoms with Gasteiger partial charge in [-0.05, 0) is 37.6 Å². The number of rotatable bonds is 3. The molecule has 0 aliphatic rings. The fourth-order valence-corrected chi connectivity index (χ4v) is 1.80. The highest BCUT2D eigenvalue weighted by Gasteiger charge is 2.12. The van der Waals surface area contributed by atoms with Gasteiger partial charge in [-0.25, -0.2) is 4.39 Å². The Hall–Kier alpha value is -2.38. The van der Waals surface area contributed by atoms with E-state index in [-0.39, 0.29) is 5.82 Å². The fourth-order valence-electron chi connectivity index (χ4n) is 1.80. The summed E-state index contributed by atoms with van der Waals surface area (Å²) in [6.07, 6.45) is -0.743. The molecule has 3 nitrogen and oxygen atoms in total. The molecule has 0 heterocycles. The second kappa shape index (κ2) is 5.72. The van der Waals surface area contributed by atoms with E-state index in [4.69, 9.17) is 10.00 Å². The molecule has 0 saturated carbocycles. The molecule has 0 bridgehead atoms. The van der Waals surface area contributed by atoms with E-state index in [1.54, 1.807) is 38.1 Å². The second-order valence-corrected chi connectivity index (χ2v) is 4.55. The molecular formula is C16H14FNO2. The molecule has 4 heteroatoms. The molecule has 0 aliphatic carbocycles. The van der Waals surface area contributed by atoms with Crippen LogP contribution in [0.25, 0.3) is 0 Å². The fraction of sp³-hybridized carbons (Fsp3) is 0.188. The zero-order valence-electron chi connectivity index (χ0n) is 11.2. The first-order valence-corrected chi connectivity index (χ1v) is 6.17. The van der Waals surface area contributed by atoms with Gasteiger partial charge in [-0.15, -0.1) is 0 Å². The Morgan fingerprint density at radius 1 is 1.25 bits per heavy atom. The normalized spacial score (nSPS) is 11.8. The van der Waals surface area contributed by atoms with E-state index in [0.717, 1.165) is 0 Å². The van der Waals surface area contributed by atoms with Crippen LogP contribution in [-0.4, -0.2) is 5.11 Å². The average molecular weight is 271 g/mol. The van der Waals surface area contributed by atoms with Crippen LogP contribution in [0.2, 0.25) is 0 Å². The van der Waals surface area contributed by atoms with Crippen LogP contribution in [0.5, 0.6) is 11.5 Å². The lowest BCUT2D eigenvalue weighted by atomic mass is 10.1. The van der Waals surface area contributed by atoms with Crippen molar-refractivity contribution in [1.82, 2.24) is 0 Å². The van der Waals surface area contributed by atoms with Gasteiger partial charge >= 0.3 is 0 Å². The molecule has 0 saturated heterocycles. The lowest BCUT2D eigenvalue weighted by Crippen LogP contribution is -1.97. The maximum absolute atomic E-state index is 13.5. The van der Waals surface area contributed by atoms with Gasteiger partial charge in [0.05, 0.1) is 17.7 Å². The van der Waals surface area contributed by atoms with Crippen molar-refractivity contribution in [2.24, 2.45) is 0 Å². The maximum atomic E-state index is 13.5. The number of nitriles is 1. The van der Waals surface area contributed by atoms with Crippen LogP contribution in [0.15, 0.2) is 36.4 Å². The summed E-state index contributed by atoms with van der Waals surface area (Å²) >= 11 is 0. The molecule has 20 heavy (non-hydrogen) atoms. The van der Waals surface area contributed by atoms with E-state index < -0.39 is 6.10 Å². The van der Waals surface area contributed by atoms with Crippen molar-refractivity contribution < 1.29 is 14.2 Å². The van der Waals surface area contributed by atoms with Gasteiger partial charge in [-0.2, -0.15) is 5.26 Å². The molecule has 0 spiro atoms. The van der Waals surface area contributed by atoms with Crippen molar-refractivity contribution in [3.8, 4) is 17.6 Å². The maximum Gasteiger partial charge on any atom is 0.134 e. The largest absolute Gasteiger partial charge is 0.457 e. The average Bonchev–Trinajstić information content (AvgIpc) is 2.42. The first-order chi connectivity index (χ1) is 9.51. The van der Waals surface area contributed by atoms with Gasteiger partial charge < -0.3 is 9.84 Å². The summed E-state index contributed by atoms with van der Waals surface area (Å²) in [5, 5.41) is 18.6. The van der Waals surface area contributed by atoms with E-state index in [2.05, 4.69) is 0 Å². The van der Waals surface area contributed by atoms with Gasteiger partial charge in [-0.1, -0.05) is 12.1 Å². The highest BCUT2D eigenvalue weighted by atomic mass is 19.1. The third kappa shape index (κ3) is 2.95. The summed E-state index contributed by atoms with van der Waals surface area (Å²) in [6, 6.07) is 11.3. The molecule has 0 aromatic heterocycles. The van der Waals surface area contributed by atoms with Crippen LogP contribution in [-0.2, 0) is 0 Å². The molecule has 0 aliphatic heterocycles. The van der Waals surface area contributed by atoms with Crippen molar-refractivity contribution in [2.75, 3.05) is 0 Å². The van der Waals surface area contributed by atoms with Gasteiger partial charge in [0, 0.05) is 11.6 Å². The Balaban J connectivity index is 2.40. The minimum Gasteiger partial charge on any atom is -0.457 e. The number of aliphatic hydroxyl groups excluding tert-OH is 1. The van der Waals surface area contributed by atoms with Gasteiger partial charge in [0.25, 0.3) is 0 Å². The molecule has 1 atom stereocenters. The summed E-state index contributed by atoms with van der Waals surface area (Å²) in [7, 11) is 0. The third-order valence-electron chi connectivity index (χ3n) is 2.96. The van der Waals surface area contributed by atoms with Crippen molar-refractivity contribution >= 4 is 0 Å². The molecule has 0 unspecified atom stereocenters. The predicted molar refractivity (Wildman–Crippen MR) is 73.0 cm³/mol. The lowest BCUT2D eigenvalue weighted by molar-refractivity contribution is 0.195. The van der Waals surface area contributed by atoms with Gasteiger partial charge in [-0.3, -0.25) is 0 Å². The number of aliphatic hydroxyl groups is 1. The predicted octanol–water partition coefficient (Wildman–Crippen LogP) is 3.85. The van der Waals surface area contributed by atoms with Gasteiger partial charge in [0.15, 0.2) is 0 Å². The number of aryl methyl sites for hydroxylation is 1. The van der Waals surface area contributed by atoms with Crippen LogP contribution < -0.4 is 4.74 Å². The standard InChI is InChI=1S/C16H14FNO2/c1-10-3-5-13(8-15(10)17)20-16-7-12(9-18)4-6-14(16)11(2)19/h3-8,11,19H,1-2H3/t11-/m0/s1. The SMILES string of the molecule is Cc1ccc(Oc2cc(C#N)ccc2[C@H](C)O)cc1F. The minimum absolute atomic E-state index is 0.324. The highest BCUT2D eigenvalue weighted by molar-refractivity contribution is 5.45. The first kappa shape index (κ1) is 14.0. The van der Waals surface area contributed by atoms with Gasteiger partial charge in [0.1, 0.15) is 17.3 Å². The molecular weight excluding hydrogens is 257 g/mol. The van der Waals surface area contributed by atoms with Crippen LogP contribution >= 0.6 is 0 Å². The highest BCUT2D eigenvalue weighted by Crippen LogP contribution is 2.31. The van der Waals surface area contributed by atoms with Crippen molar-refractivity contribution in [2.45, 2.75) is 20.0 Å². The quantitative estimate of drug-likeness (QED) is 0.922. The molecule has 2 aromatic carbocycles. The van der Waals surface area contributed by atoms with E-state index in [9.17, 15) is 9.50 Å². The Morgan fingerprint density at radius 3 is 2.60 bits per heavy atom. The van der Waals surface area contributed by atoms with Crippen LogP contribution in [0, 0.1) is 24.1 Å². The molecule has 0 radical (unpaired) electrons. The van der Waals surface area contributed by atoms with Crippen molar-refractivity contribution in [3.05, 3.63) is 58.9 Å². The Kier molecular flexibility index (Phi) is 4.02. The number of halogens is 1. The second-order valence-electron chi connectivity index (χ2n) is 4.55.